The Labute approximate surface area is 247 Å². The number of esters is 1. The van der Waals surface area contributed by atoms with E-state index in [1.807, 2.05) is 49.5 Å². The Hall–Kier alpha value is -3.57. The number of methoxy groups -OCH3 is 1. The largest absolute Gasteiger partial charge is 0.425 e. The van der Waals surface area contributed by atoms with Gasteiger partial charge in [-0.15, -0.1) is 0 Å². The first-order valence-electron chi connectivity index (χ1n) is 14.6. The number of carbonyl (C=O) groups excluding carboxylic acids is 3. The number of hydrogen-bond donors (Lipinski definition) is 4. The maximum absolute atomic E-state index is 13.1. The van der Waals surface area contributed by atoms with Crippen molar-refractivity contribution in [2.75, 3.05) is 40.0 Å². The number of aromatic amines is 1. The lowest BCUT2D eigenvalue weighted by molar-refractivity contribution is -0.139. The molecule has 1 aromatic heterocycles. The highest BCUT2D eigenvalue weighted by Gasteiger charge is 2.25. The second kappa shape index (κ2) is 18.1. The molecule has 1 heterocycles. The Bertz CT molecular complexity index is 1270. The van der Waals surface area contributed by atoms with Gasteiger partial charge in [0, 0.05) is 56.7 Å². The molecule has 0 saturated heterocycles. The molecule has 3 aromatic rings. The van der Waals surface area contributed by atoms with E-state index in [1.165, 1.54) is 11.1 Å². The highest BCUT2D eigenvalue weighted by atomic mass is 16.5. The number of amides is 1. The Morgan fingerprint density at radius 2 is 1.88 bits per heavy atom. The number of benzene rings is 2. The van der Waals surface area contributed by atoms with E-state index in [0.29, 0.717) is 12.0 Å². The highest BCUT2D eigenvalue weighted by Crippen LogP contribution is 2.26. The fraction of sp³-hybridized carbons (Fsp3) is 0.469. The van der Waals surface area contributed by atoms with Crippen LogP contribution < -0.4 is 21.1 Å². The van der Waals surface area contributed by atoms with Gasteiger partial charge >= 0.3 is 5.97 Å². The number of fused-ring (bicyclic) bond motifs is 2. The second-order valence-corrected chi connectivity index (χ2v) is 10.2. The van der Waals surface area contributed by atoms with Crippen LogP contribution in [0.15, 0.2) is 48.7 Å². The summed E-state index contributed by atoms with van der Waals surface area (Å²) in [6.45, 7) is 6.17. The van der Waals surface area contributed by atoms with E-state index >= 15 is 0 Å². The number of nitrogens with two attached hydrogens (primary N) is 1. The minimum absolute atomic E-state index is 0.0520. The summed E-state index contributed by atoms with van der Waals surface area (Å²) in [5.74, 6) is -0.392. The smallest absolute Gasteiger partial charge is 0.334 e. The molecule has 1 aliphatic carbocycles. The summed E-state index contributed by atoms with van der Waals surface area (Å²) >= 11 is 0. The molecule has 2 aromatic carbocycles. The first-order chi connectivity index (χ1) is 20.4. The molecule has 0 aliphatic heterocycles. The maximum Gasteiger partial charge on any atom is 0.334 e. The van der Waals surface area contributed by atoms with Crippen molar-refractivity contribution in [2.45, 2.75) is 57.5 Å². The topological polar surface area (TPSA) is 145 Å². The van der Waals surface area contributed by atoms with E-state index in [9.17, 15) is 14.4 Å². The molecule has 1 aliphatic rings. The number of para-hydroxylation sites is 1. The van der Waals surface area contributed by atoms with Gasteiger partial charge in [-0.3, -0.25) is 4.79 Å². The van der Waals surface area contributed by atoms with Crippen molar-refractivity contribution >= 4 is 29.1 Å². The molecular weight excluding hydrogens is 536 g/mol. The fourth-order valence-corrected chi connectivity index (χ4v) is 4.73. The highest BCUT2D eigenvalue weighted by molar-refractivity contribution is 5.88. The van der Waals surface area contributed by atoms with Gasteiger partial charge in [-0.05, 0) is 67.5 Å². The average molecular weight is 581 g/mol. The van der Waals surface area contributed by atoms with E-state index < -0.39 is 18.1 Å². The number of H-pyrrole nitrogens is 1. The third-order valence-electron chi connectivity index (χ3n) is 7.00. The summed E-state index contributed by atoms with van der Waals surface area (Å²) in [6, 6.07) is 11.9. The molecule has 10 heteroatoms. The Kier molecular flexibility index (Phi) is 14.2. The molecule has 0 saturated carbocycles. The lowest BCUT2D eigenvalue weighted by atomic mass is 10.0. The summed E-state index contributed by atoms with van der Waals surface area (Å²) in [4.78, 5) is 39.5. The zero-order chi connectivity index (χ0) is 30.2. The molecule has 0 bridgehead atoms. The van der Waals surface area contributed by atoms with Crippen molar-refractivity contribution in [2.24, 2.45) is 5.73 Å². The van der Waals surface area contributed by atoms with Gasteiger partial charge in [-0.1, -0.05) is 24.3 Å². The van der Waals surface area contributed by atoms with E-state index in [1.54, 1.807) is 13.2 Å². The number of carbonyl (C=O) groups is 3. The number of aryl methyl sites for hydroxylation is 2. The average Bonchev–Trinajstić information content (AvgIpc) is 3.64. The molecule has 42 heavy (non-hydrogen) atoms. The predicted molar refractivity (Wildman–Crippen MR) is 163 cm³/mol. The molecule has 0 radical (unpaired) electrons. The van der Waals surface area contributed by atoms with Gasteiger partial charge in [0.25, 0.3) is 0 Å². The molecule has 228 valence electrons. The zero-order valence-electron chi connectivity index (χ0n) is 24.7. The summed E-state index contributed by atoms with van der Waals surface area (Å²) in [5.41, 5.74) is 9.94. The van der Waals surface area contributed by atoms with Crippen molar-refractivity contribution in [1.82, 2.24) is 15.6 Å². The molecule has 1 amide bonds. The van der Waals surface area contributed by atoms with E-state index in [-0.39, 0.29) is 25.2 Å². The minimum atomic E-state index is -0.873. The van der Waals surface area contributed by atoms with Gasteiger partial charge in [-0.25, -0.2) is 4.79 Å². The molecule has 10 nitrogen and oxygen atoms in total. The van der Waals surface area contributed by atoms with Crippen molar-refractivity contribution in [3.05, 3.63) is 65.4 Å². The molecule has 2 unspecified atom stereocenters. The lowest BCUT2D eigenvalue weighted by Gasteiger charge is -2.18. The first-order valence-corrected chi connectivity index (χ1v) is 14.6. The van der Waals surface area contributed by atoms with Gasteiger partial charge in [0.1, 0.15) is 18.1 Å². The van der Waals surface area contributed by atoms with Crippen molar-refractivity contribution in [1.29, 1.82) is 0 Å². The third-order valence-corrected chi connectivity index (χ3v) is 7.00. The van der Waals surface area contributed by atoms with Gasteiger partial charge < -0.3 is 40.4 Å². The van der Waals surface area contributed by atoms with Crippen molar-refractivity contribution < 1.29 is 28.6 Å². The van der Waals surface area contributed by atoms with Crippen LogP contribution >= 0.6 is 0 Å². The molecule has 0 fully saturated rings. The SMILES string of the molecule is CCOCCNCCOC.NC(C=O)CCC(=O)NC(Cc1c[nH]c2ccccc12)C(=O)Oc1ccc2c(c1)CCC2. The Morgan fingerprint density at radius 1 is 1.10 bits per heavy atom. The van der Waals surface area contributed by atoms with E-state index in [0.717, 1.165) is 68.6 Å². The molecule has 2 atom stereocenters. The third kappa shape index (κ3) is 10.7. The van der Waals surface area contributed by atoms with Gasteiger partial charge in [-0.2, -0.15) is 0 Å². The number of ether oxygens (including phenoxy) is 3. The van der Waals surface area contributed by atoms with Gasteiger partial charge in [0.15, 0.2) is 0 Å². The molecule has 5 N–H and O–H groups in total. The van der Waals surface area contributed by atoms with E-state index in [4.69, 9.17) is 19.9 Å². The van der Waals surface area contributed by atoms with Crippen LogP contribution in [0.3, 0.4) is 0 Å². The summed E-state index contributed by atoms with van der Waals surface area (Å²) in [5, 5.41) is 6.93. The van der Waals surface area contributed by atoms with Crippen LogP contribution in [-0.4, -0.2) is 75.3 Å². The van der Waals surface area contributed by atoms with E-state index in [2.05, 4.69) is 15.6 Å². The first kappa shape index (κ1) is 32.9. The standard InChI is InChI=1S/C25H27N3O4.C7H17NO2/c26-19(15-29)9-11-24(30)28-23(13-18-14-27-22-7-2-1-6-21(18)22)25(31)32-20-10-8-16-4-3-5-17(16)12-20;1-3-10-7-5-8-4-6-9-2/h1-2,6-8,10,12,14-15,19,23,27H,3-5,9,11,13,26H2,(H,28,30);8H,3-7H2,1-2H3. The van der Waals surface area contributed by atoms with Crippen LogP contribution in [0.2, 0.25) is 0 Å². The molecular formula is C32H44N4O6. The molecule has 0 spiro atoms. The van der Waals surface area contributed by atoms with Gasteiger partial charge in [0.2, 0.25) is 5.91 Å². The van der Waals surface area contributed by atoms with Crippen LogP contribution in [0.25, 0.3) is 10.9 Å². The summed E-state index contributed by atoms with van der Waals surface area (Å²) in [6.07, 6.45) is 6.13. The second-order valence-electron chi connectivity index (χ2n) is 10.2. The zero-order valence-corrected chi connectivity index (χ0v) is 24.7. The van der Waals surface area contributed by atoms with Crippen LogP contribution in [0.4, 0.5) is 0 Å². The maximum atomic E-state index is 13.1. The van der Waals surface area contributed by atoms with Gasteiger partial charge in [0.05, 0.1) is 19.3 Å². The van der Waals surface area contributed by atoms with Crippen LogP contribution in [0, 0.1) is 0 Å². The van der Waals surface area contributed by atoms with Crippen molar-refractivity contribution in [3.8, 4) is 5.75 Å². The summed E-state index contributed by atoms with van der Waals surface area (Å²) in [7, 11) is 1.70. The quantitative estimate of drug-likeness (QED) is 0.0876. The predicted octanol–water partition coefficient (Wildman–Crippen LogP) is 2.85. The monoisotopic (exact) mass is 580 g/mol. The Morgan fingerprint density at radius 3 is 2.67 bits per heavy atom. The number of aldehydes is 1. The Balaban J connectivity index is 0.000000416. The van der Waals surface area contributed by atoms with Crippen LogP contribution in [0.1, 0.15) is 42.9 Å². The number of nitrogens with one attached hydrogen (secondary N) is 3. The molecule has 4 rings (SSSR count). The fourth-order valence-electron chi connectivity index (χ4n) is 4.73. The summed E-state index contributed by atoms with van der Waals surface area (Å²) < 4.78 is 15.6. The number of hydrogen-bond acceptors (Lipinski definition) is 8. The van der Waals surface area contributed by atoms with Crippen LogP contribution in [0.5, 0.6) is 5.75 Å². The lowest BCUT2D eigenvalue weighted by Crippen LogP contribution is -2.44. The number of aromatic nitrogens is 1. The minimum Gasteiger partial charge on any atom is -0.425 e. The number of rotatable bonds is 16. The van der Waals surface area contributed by atoms with Crippen molar-refractivity contribution in [3.63, 3.8) is 0 Å². The van der Waals surface area contributed by atoms with Crippen LogP contribution in [-0.2, 0) is 43.1 Å². The normalized spacial score (nSPS) is 13.5.